The zero-order chi connectivity index (χ0) is 9.90. The second-order valence-electron chi connectivity index (χ2n) is 2.63. The fourth-order valence-electron chi connectivity index (χ4n) is 1.12. The van der Waals surface area contributed by atoms with Crippen molar-refractivity contribution in [3.05, 3.63) is 30.6 Å². The predicted octanol–water partition coefficient (Wildman–Crippen LogP) is 0.571. The van der Waals surface area contributed by atoms with Gasteiger partial charge in [0.25, 0.3) is 5.37 Å². The van der Waals surface area contributed by atoms with Crippen molar-refractivity contribution in [1.29, 1.82) is 0 Å². The number of hydrogen-bond acceptors (Lipinski definition) is 2. The average Bonchev–Trinajstić information content (AvgIpc) is 2.05. The van der Waals surface area contributed by atoms with E-state index in [0.717, 1.165) is 0 Å². The molecule has 0 fully saturated rings. The maximum Gasteiger partial charge on any atom is 0.329 e. The van der Waals surface area contributed by atoms with Gasteiger partial charge in [0.05, 0.1) is 6.07 Å². The standard InChI is InChI=1S/C8H10NO3S/c1-2-8(13(10,11)12)9-6-4-3-5-7-9/h3-4,6-8H,2H2,1H3/p+1. The molecule has 1 heterocycles. The Morgan fingerprint density at radius 1 is 1.62 bits per heavy atom. The lowest BCUT2D eigenvalue weighted by Gasteiger charge is -2.05. The second kappa shape index (κ2) is 3.85. The molecule has 1 aromatic rings. The number of rotatable bonds is 3. The molecule has 0 aliphatic heterocycles. The second-order valence-corrected chi connectivity index (χ2v) is 4.20. The third kappa shape index (κ3) is 2.50. The van der Waals surface area contributed by atoms with Crippen LogP contribution in [0.2, 0.25) is 0 Å². The van der Waals surface area contributed by atoms with E-state index < -0.39 is 15.5 Å². The summed E-state index contributed by atoms with van der Waals surface area (Å²) in [5.74, 6) is 0. The van der Waals surface area contributed by atoms with Crippen molar-refractivity contribution in [1.82, 2.24) is 0 Å². The average molecular weight is 201 g/mol. The van der Waals surface area contributed by atoms with Gasteiger partial charge >= 0.3 is 10.1 Å². The van der Waals surface area contributed by atoms with E-state index in [0.29, 0.717) is 6.42 Å². The van der Waals surface area contributed by atoms with Crippen molar-refractivity contribution in [2.24, 2.45) is 0 Å². The van der Waals surface area contributed by atoms with E-state index in [4.69, 9.17) is 4.55 Å². The first kappa shape index (κ1) is 10.1. The van der Waals surface area contributed by atoms with Crippen molar-refractivity contribution in [2.75, 3.05) is 0 Å². The van der Waals surface area contributed by atoms with E-state index in [2.05, 4.69) is 6.07 Å². The highest BCUT2D eigenvalue weighted by Crippen LogP contribution is 2.08. The Morgan fingerprint density at radius 2 is 2.31 bits per heavy atom. The summed E-state index contributed by atoms with van der Waals surface area (Å²) in [6, 6.07) is 6.06. The summed E-state index contributed by atoms with van der Waals surface area (Å²) >= 11 is 0. The van der Waals surface area contributed by atoms with Crippen LogP contribution in [-0.2, 0) is 10.1 Å². The molecule has 13 heavy (non-hydrogen) atoms. The Bertz CT molecular complexity index is 360. The molecule has 0 spiro atoms. The molecule has 0 aliphatic carbocycles. The molecule has 4 nitrogen and oxygen atoms in total. The first-order chi connectivity index (χ1) is 6.05. The van der Waals surface area contributed by atoms with E-state index in [1.165, 1.54) is 10.8 Å². The zero-order valence-electron chi connectivity index (χ0n) is 7.21. The van der Waals surface area contributed by atoms with E-state index in [1.807, 2.05) is 0 Å². The molecule has 1 unspecified atom stereocenters. The van der Waals surface area contributed by atoms with Crippen LogP contribution in [0.5, 0.6) is 0 Å². The Kier molecular flexibility index (Phi) is 3.00. The topological polar surface area (TPSA) is 58.2 Å². The lowest BCUT2D eigenvalue weighted by Crippen LogP contribution is -2.42. The molecule has 1 aromatic heterocycles. The van der Waals surface area contributed by atoms with E-state index >= 15 is 0 Å². The minimum absolute atomic E-state index is 0.321. The Morgan fingerprint density at radius 3 is 2.69 bits per heavy atom. The van der Waals surface area contributed by atoms with Gasteiger partial charge in [-0.05, 0) is 6.07 Å². The van der Waals surface area contributed by atoms with Crippen LogP contribution in [0.25, 0.3) is 0 Å². The number of nitrogens with zero attached hydrogens (tertiary/aromatic N) is 1. The number of aromatic nitrogens is 1. The Labute approximate surface area is 77.6 Å². The summed E-state index contributed by atoms with van der Waals surface area (Å²) in [6.45, 7) is 1.69. The first-order valence-electron chi connectivity index (χ1n) is 3.89. The van der Waals surface area contributed by atoms with Crippen LogP contribution in [0.1, 0.15) is 18.7 Å². The highest BCUT2D eigenvalue weighted by atomic mass is 32.2. The number of hydrogen-bond donors (Lipinski definition) is 1. The van der Waals surface area contributed by atoms with Gasteiger partial charge in [0.1, 0.15) is 0 Å². The molecule has 0 aliphatic rings. The predicted molar refractivity (Wildman–Crippen MR) is 46.3 cm³/mol. The van der Waals surface area contributed by atoms with Gasteiger partial charge in [0.2, 0.25) is 0 Å². The van der Waals surface area contributed by atoms with Gasteiger partial charge in [-0.1, -0.05) is 6.92 Å². The third-order valence-corrected chi connectivity index (χ3v) is 2.96. The van der Waals surface area contributed by atoms with Crippen LogP contribution in [-0.4, -0.2) is 13.0 Å². The lowest BCUT2D eigenvalue weighted by atomic mass is 10.4. The molecule has 0 amide bonds. The van der Waals surface area contributed by atoms with Crippen LogP contribution in [0.3, 0.4) is 0 Å². The van der Waals surface area contributed by atoms with Crippen molar-refractivity contribution < 1.29 is 17.5 Å². The molecule has 0 bridgehead atoms. The molecule has 5 heteroatoms. The number of pyridine rings is 1. The van der Waals surface area contributed by atoms with Gasteiger partial charge in [0.15, 0.2) is 12.4 Å². The third-order valence-electron chi connectivity index (χ3n) is 1.70. The van der Waals surface area contributed by atoms with Gasteiger partial charge in [-0.2, -0.15) is 13.0 Å². The maximum absolute atomic E-state index is 10.9. The maximum atomic E-state index is 10.9. The highest BCUT2D eigenvalue weighted by Gasteiger charge is 2.29. The van der Waals surface area contributed by atoms with Gasteiger partial charge in [-0.25, -0.2) is 0 Å². The highest BCUT2D eigenvalue weighted by molar-refractivity contribution is 7.85. The fourth-order valence-corrected chi connectivity index (χ4v) is 1.98. The Hall–Kier alpha value is -0.940. The molecule has 1 radical (unpaired) electrons. The summed E-state index contributed by atoms with van der Waals surface area (Å²) < 4.78 is 32.0. The molecule has 1 N–H and O–H groups in total. The monoisotopic (exact) mass is 201 g/mol. The van der Waals surface area contributed by atoms with E-state index in [9.17, 15) is 8.42 Å². The van der Waals surface area contributed by atoms with Crippen molar-refractivity contribution >= 4 is 10.1 Å². The van der Waals surface area contributed by atoms with E-state index in [-0.39, 0.29) is 0 Å². The van der Waals surface area contributed by atoms with Gasteiger partial charge in [0, 0.05) is 12.5 Å². The zero-order valence-corrected chi connectivity index (χ0v) is 8.03. The van der Waals surface area contributed by atoms with Crippen molar-refractivity contribution in [3.8, 4) is 0 Å². The SMILES string of the molecule is CCC([n+]1c[c]ccc1)S(=O)(=O)O. The molecule has 71 valence electrons. The minimum Gasteiger partial charge on any atom is -0.280 e. The lowest BCUT2D eigenvalue weighted by molar-refractivity contribution is -0.702. The summed E-state index contributed by atoms with van der Waals surface area (Å²) in [5, 5.41) is -0.912. The summed E-state index contributed by atoms with van der Waals surface area (Å²) in [7, 11) is -4.03. The first-order valence-corrected chi connectivity index (χ1v) is 5.39. The van der Waals surface area contributed by atoms with Crippen molar-refractivity contribution in [3.63, 3.8) is 0 Å². The van der Waals surface area contributed by atoms with Gasteiger partial charge < -0.3 is 0 Å². The van der Waals surface area contributed by atoms with Crippen LogP contribution in [0, 0.1) is 6.07 Å². The summed E-state index contributed by atoms with van der Waals surface area (Å²) in [6.07, 6.45) is 3.39. The van der Waals surface area contributed by atoms with Crippen LogP contribution in [0.15, 0.2) is 24.5 Å². The molecule has 0 aromatic carbocycles. The molecular formula is C8H11NO3S+. The normalized spacial score (nSPS) is 14.0. The summed E-state index contributed by atoms with van der Waals surface area (Å²) in [4.78, 5) is 0. The van der Waals surface area contributed by atoms with E-state index in [1.54, 1.807) is 25.3 Å². The van der Waals surface area contributed by atoms with Gasteiger partial charge in [-0.15, -0.1) is 0 Å². The molecule has 0 saturated carbocycles. The largest absolute Gasteiger partial charge is 0.329 e. The van der Waals surface area contributed by atoms with Crippen LogP contribution in [0.4, 0.5) is 0 Å². The van der Waals surface area contributed by atoms with Crippen LogP contribution < -0.4 is 4.57 Å². The van der Waals surface area contributed by atoms with Crippen molar-refractivity contribution in [2.45, 2.75) is 18.7 Å². The molecular weight excluding hydrogens is 190 g/mol. The molecule has 0 saturated heterocycles. The fraction of sp³-hybridized carbons (Fsp3) is 0.375. The summed E-state index contributed by atoms with van der Waals surface area (Å²) in [5.41, 5.74) is 0. The molecule has 1 atom stereocenters. The smallest absolute Gasteiger partial charge is 0.280 e. The minimum atomic E-state index is -4.03. The van der Waals surface area contributed by atoms with Crippen LogP contribution >= 0.6 is 0 Å². The molecule has 1 rings (SSSR count). The Balaban J connectivity index is 3.06. The quantitative estimate of drug-likeness (QED) is 0.574. The van der Waals surface area contributed by atoms with Gasteiger partial charge in [-0.3, -0.25) is 4.55 Å².